The summed E-state index contributed by atoms with van der Waals surface area (Å²) in [4.78, 5) is 12.5. The third-order valence-corrected chi connectivity index (χ3v) is 7.79. The largest absolute Gasteiger partial charge is 0.394 e. The molecule has 5 N–H and O–H groups in total. The first-order valence-electron chi connectivity index (χ1n) is 12.1. The number of aliphatic hydroxyl groups excluding tert-OH is 2. The molecule has 1 fully saturated rings. The first kappa shape index (κ1) is 25.3. The minimum absolute atomic E-state index is 0.0532. The number of hydrogen-bond acceptors (Lipinski definition) is 8. The van der Waals surface area contributed by atoms with E-state index in [0.29, 0.717) is 18.0 Å². The summed E-state index contributed by atoms with van der Waals surface area (Å²) in [7, 11) is -3.85. The van der Waals surface area contributed by atoms with Crippen LogP contribution in [0, 0.1) is 0 Å². The Bertz CT molecular complexity index is 1450. The Balaban J connectivity index is 1.53. The van der Waals surface area contributed by atoms with Gasteiger partial charge in [-0.15, -0.1) is 0 Å². The maximum absolute atomic E-state index is 12.6. The number of aliphatic hydroxyl groups is 2. The van der Waals surface area contributed by atoms with Crippen LogP contribution < -0.4 is 10.0 Å². The van der Waals surface area contributed by atoms with Gasteiger partial charge in [-0.25, -0.2) is 23.1 Å². The van der Waals surface area contributed by atoms with Crippen molar-refractivity contribution in [3.05, 3.63) is 60.9 Å². The van der Waals surface area contributed by atoms with E-state index >= 15 is 0 Å². The second kappa shape index (κ2) is 11.0. The Morgan fingerprint density at radius 1 is 1.08 bits per heavy atom. The number of sulfonamides is 1. The van der Waals surface area contributed by atoms with Crippen LogP contribution in [0.25, 0.3) is 33.4 Å². The van der Waals surface area contributed by atoms with E-state index in [-0.39, 0.29) is 17.5 Å². The highest BCUT2D eigenvalue weighted by molar-refractivity contribution is 7.89. The van der Waals surface area contributed by atoms with Gasteiger partial charge in [-0.1, -0.05) is 42.5 Å². The maximum atomic E-state index is 12.6. The van der Waals surface area contributed by atoms with Gasteiger partial charge in [-0.3, -0.25) is 0 Å². The third kappa shape index (κ3) is 5.50. The molecule has 0 aliphatic carbocycles. The Kier molecular flexibility index (Phi) is 7.49. The third-order valence-electron chi connectivity index (χ3n) is 6.35. The first-order valence-corrected chi connectivity index (χ1v) is 13.6. The van der Waals surface area contributed by atoms with Crippen LogP contribution in [-0.2, 0) is 14.8 Å². The minimum atomic E-state index is -3.85. The number of aromatic amines is 1. The van der Waals surface area contributed by atoms with E-state index in [2.05, 4.69) is 25.0 Å². The summed E-state index contributed by atoms with van der Waals surface area (Å²) in [6, 6.07) is 16.4. The van der Waals surface area contributed by atoms with Crippen LogP contribution in [0.2, 0.25) is 0 Å². The maximum Gasteiger partial charge on any atom is 0.240 e. The van der Waals surface area contributed by atoms with Gasteiger partial charge in [-0.2, -0.15) is 0 Å². The van der Waals surface area contributed by atoms with Crippen molar-refractivity contribution in [2.75, 3.05) is 31.6 Å². The van der Waals surface area contributed by atoms with E-state index < -0.39 is 22.7 Å². The van der Waals surface area contributed by atoms with E-state index in [4.69, 9.17) is 9.84 Å². The quantitative estimate of drug-likeness (QED) is 0.213. The standard InChI is InChI=1S/C26H29N5O5S/c32-15-19(33)13-30-37(34,35)21-10-8-18(9-11-21)24-22(17-5-2-1-3-6-17)23-25(28-16-29-26(23)31-24)27-14-20-7-4-12-36-20/h1-3,5-6,8-11,16,19-20,30,32-33H,4,7,12-15H2,(H2,27,28,29,31). The number of nitrogens with zero attached hydrogens (tertiary/aromatic N) is 2. The van der Waals surface area contributed by atoms with E-state index in [9.17, 15) is 13.5 Å². The van der Waals surface area contributed by atoms with Crippen LogP contribution in [0.3, 0.4) is 0 Å². The summed E-state index contributed by atoms with van der Waals surface area (Å²) in [6.07, 6.45) is 2.55. The predicted molar refractivity (Wildman–Crippen MR) is 141 cm³/mol. The molecule has 2 aromatic carbocycles. The molecule has 0 radical (unpaired) electrons. The van der Waals surface area contributed by atoms with Crippen LogP contribution in [-0.4, -0.2) is 72.1 Å². The van der Waals surface area contributed by atoms with Gasteiger partial charge in [0.25, 0.3) is 0 Å². The Hall–Kier alpha value is -3.35. The lowest BCUT2D eigenvalue weighted by atomic mass is 9.99. The molecule has 0 saturated carbocycles. The van der Waals surface area contributed by atoms with Gasteiger partial charge < -0.3 is 25.3 Å². The van der Waals surface area contributed by atoms with E-state index in [0.717, 1.165) is 47.2 Å². The van der Waals surface area contributed by atoms with Crippen LogP contribution in [0.4, 0.5) is 5.82 Å². The van der Waals surface area contributed by atoms with Crippen molar-refractivity contribution in [3.8, 4) is 22.4 Å². The Morgan fingerprint density at radius 2 is 1.86 bits per heavy atom. The molecule has 194 valence electrons. The molecule has 3 heterocycles. The molecule has 11 heteroatoms. The topological polar surface area (TPSA) is 149 Å². The lowest BCUT2D eigenvalue weighted by Gasteiger charge is -2.13. The highest BCUT2D eigenvalue weighted by atomic mass is 32.2. The number of hydrogen-bond donors (Lipinski definition) is 5. The summed E-state index contributed by atoms with van der Waals surface area (Å²) in [5.41, 5.74) is 4.10. The molecule has 2 aromatic heterocycles. The number of nitrogens with one attached hydrogen (secondary N) is 3. The summed E-state index contributed by atoms with van der Waals surface area (Å²) in [5, 5.41) is 22.7. The van der Waals surface area contributed by atoms with Crippen molar-refractivity contribution >= 4 is 26.9 Å². The zero-order valence-corrected chi connectivity index (χ0v) is 20.9. The van der Waals surface area contributed by atoms with Gasteiger partial charge in [0.2, 0.25) is 10.0 Å². The lowest BCUT2D eigenvalue weighted by Crippen LogP contribution is -2.33. The smallest absolute Gasteiger partial charge is 0.240 e. The van der Waals surface area contributed by atoms with Crippen molar-refractivity contribution in [3.63, 3.8) is 0 Å². The van der Waals surface area contributed by atoms with Crippen molar-refractivity contribution in [2.24, 2.45) is 0 Å². The van der Waals surface area contributed by atoms with Gasteiger partial charge in [0, 0.05) is 25.3 Å². The molecule has 2 unspecified atom stereocenters. The molecule has 2 atom stereocenters. The summed E-state index contributed by atoms with van der Waals surface area (Å²) >= 11 is 0. The molecule has 5 rings (SSSR count). The van der Waals surface area contributed by atoms with E-state index in [1.54, 1.807) is 12.1 Å². The number of rotatable bonds is 10. The fourth-order valence-corrected chi connectivity index (χ4v) is 5.51. The van der Waals surface area contributed by atoms with E-state index in [1.807, 2.05) is 30.3 Å². The van der Waals surface area contributed by atoms with Crippen molar-refractivity contribution in [2.45, 2.75) is 29.9 Å². The summed E-state index contributed by atoms with van der Waals surface area (Å²) in [5.74, 6) is 0.702. The SMILES string of the molecule is O=S(=O)(NCC(O)CO)c1ccc(-c2[nH]c3ncnc(NCC4CCCO4)c3c2-c2ccccc2)cc1. The zero-order chi connectivity index (χ0) is 25.8. The fraction of sp³-hybridized carbons (Fsp3) is 0.308. The number of aromatic nitrogens is 3. The Morgan fingerprint density at radius 3 is 2.57 bits per heavy atom. The zero-order valence-electron chi connectivity index (χ0n) is 20.1. The van der Waals surface area contributed by atoms with Crippen LogP contribution in [0.1, 0.15) is 12.8 Å². The fourth-order valence-electron chi connectivity index (χ4n) is 4.44. The normalized spacial score (nSPS) is 16.8. The Labute approximate surface area is 214 Å². The summed E-state index contributed by atoms with van der Waals surface area (Å²) < 4.78 is 33.3. The highest BCUT2D eigenvalue weighted by Crippen LogP contribution is 2.40. The first-order chi connectivity index (χ1) is 18.0. The molecule has 0 bridgehead atoms. The minimum Gasteiger partial charge on any atom is -0.394 e. The van der Waals surface area contributed by atoms with Gasteiger partial charge >= 0.3 is 0 Å². The van der Waals surface area contributed by atoms with Gasteiger partial charge in [0.05, 0.1) is 34.8 Å². The number of H-pyrrole nitrogens is 1. The second-order valence-electron chi connectivity index (χ2n) is 8.92. The molecule has 0 spiro atoms. The molecule has 37 heavy (non-hydrogen) atoms. The van der Waals surface area contributed by atoms with Crippen LogP contribution in [0.5, 0.6) is 0 Å². The van der Waals surface area contributed by atoms with Crippen molar-refractivity contribution in [1.29, 1.82) is 0 Å². The molecule has 10 nitrogen and oxygen atoms in total. The second-order valence-corrected chi connectivity index (χ2v) is 10.7. The van der Waals surface area contributed by atoms with Crippen molar-refractivity contribution in [1.82, 2.24) is 19.7 Å². The summed E-state index contributed by atoms with van der Waals surface area (Å²) in [6.45, 7) is 0.613. The molecular formula is C26H29N5O5S. The highest BCUT2D eigenvalue weighted by Gasteiger charge is 2.22. The molecular weight excluding hydrogens is 494 g/mol. The monoisotopic (exact) mass is 523 g/mol. The van der Waals surface area contributed by atoms with Gasteiger partial charge in [0.1, 0.15) is 17.8 Å². The molecule has 1 aliphatic heterocycles. The van der Waals surface area contributed by atoms with Gasteiger partial charge in [-0.05, 0) is 36.1 Å². The number of ether oxygens (including phenoxy) is 1. The number of anilines is 1. The average molecular weight is 524 g/mol. The molecule has 0 amide bonds. The van der Waals surface area contributed by atoms with Gasteiger partial charge in [0.15, 0.2) is 0 Å². The number of benzene rings is 2. The average Bonchev–Trinajstić information content (AvgIpc) is 3.59. The van der Waals surface area contributed by atoms with Crippen LogP contribution >= 0.6 is 0 Å². The number of fused-ring (bicyclic) bond motifs is 1. The molecule has 4 aromatic rings. The van der Waals surface area contributed by atoms with E-state index in [1.165, 1.54) is 18.5 Å². The lowest BCUT2D eigenvalue weighted by molar-refractivity contribution is 0.0988. The predicted octanol–water partition coefficient (Wildman–Crippen LogP) is 2.51. The molecule has 1 saturated heterocycles. The van der Waals surface area contributed by atoms with Crippen molar-refractivity contribution < 1.29 is 23.4 Å². The van der Waals surface area contributed by atoms with Crippen LogP contribution in [0.15, 0.2) is 65.8 Å². The molecule has 1 aliphatic rings.